The van der Waals surface area contributed by atoms with Crippen LogP contribution in [0.1, 0.15) is 5.56 Å². The van der Waals surface area contributed by atoms with Gasteiger partial charge in [-0.15, -0.1) is 0 Å². The molecule has 0 bridgehead atoms. The van der Waals surface area contributed by atoms with Crippen LogP contribution in [0.5, 0.6) is 0 Å². The molecule has 0 aliphatic rings. The summed E-state index contributed by atoms with van der Waals surface area (Å²) >= 11 is 0. The van der Waals surface area contributed by atoms with Gasteiger partial charge in [0.1, 0.15) is 0 Å². The van der Waals surface area contributed by atoms with Crippen molar-refractivity contribution in [2.75, 3.05) is 0 Å². The predicted octanol–water partition coefficient (Wildman–Crippen LogP) is 2.74. The summed E-state index contributed by atoms with van der Waals surface area (Å²) in [6, 6.07) is 29.5. The van der Waals surface area contributed by atoms with Crippen LogP contribution in [0, 0.1) is 0 Å². The maximum atomic E-state index is 5.38. The summed E-state index contributed by atoms with van der Waals surface area (Å²) in [5, 5.41) is 7.63. The van der Waals surface area contributed by atoms with Crippen LogP contribution >= 0.6 is 7.92 Å². The summed E-state index contributed by atoms with van der Waals surface area (Å²) in [5.41, 5.74) is 1.07. The number of nitrogens with zero attached hydrogens (tertiary/aromatic N) is 1. The minimum Gasteiger partial charge on any atom is -0.323 e. The van der Waals surface area contributed by atoms with Crippen LogP contribution in [0.2, 0.25) is 0 Å². The van der Waals surface area contributed by atoms with E-state index in [9.17, 15) is 0 Å². The van der Waals surface area contributed by atoms with Crippen molar-refractivity contribution < 1.29 is 0 Å². The fourth-order valence-electron chi connectivity index (χ4n) is 2.46. The SMILES string of the molecule is N/N=C/c1ccccc1P(c1ccccc1)c1ccccc1. The molecule has 0 heterocycles. The molecule has 0 aromatic heterocycles. The second-order valence-corrected chi connectivity index (χ2v) is 7.03. The van der Waals surface area contributed by atoms with Gasteiger partial charge in [0, 0.05) is 5.56 Å². The number of hydrogen-bond donors (Lipinski definition) is 1. The lowest BCUT2D eigenvalue weighted by Crippen LogP contribution is -2.23. The summed E-state index contributed by atoms with van der Waals surface area (Å²) in [4.78, 5) is 0. The van der Waals surface area contributed by atoms with Crippen LogP contribution in [-0.4, -0.2) is 6.21 Å². The summed E-state index contributed by atoms with van der Waals surface area (Å²) in [6.45, 7) is 0. The molecule has 0 saturated heterocycles. The van der Waals surface area contributed by atoms with Crippen LogP contribution in [0.25, 0.3) is 0 Å². The van der Waals surface area contributed by atoms with Crippen molar-refractivity contribution in [3.05, 3.63) is 90.5 Å². The lowest BCUT2D eigenvalue weighted by molar-refractivity contribution is 1.26. The molecule has 0 radical (unpaired) electrons. The molecular weight excluding hydrogens is 287 g/mol. The molecule has 0 aliphatic carbocycles. The number of rotatable bonds is 4. The third-order valence-electron chi connectivity index (χ3n) is 3.42. The molecule has 3 aromatic rings. The fraction of sp³-hybridized carbons (Fsp3) is 0. The lowest BCUT2D eigenvalue weighted by Gasteiger charge is -2.21. The zero-order valence-electron chi connectivity index (χ0n) is 12.1. The average molecular weight is 304 g/mol. The Kier molecular flexibility index (Phi) is 4.62. The van der Waals surface area contributed by atoms with Crippen molar-refractivity contribution in [3.8, 4) is 0 Å². The smallest absolute Gasteiger partial charge is 0.0544 e. The Morgan fingerprint density at radius 3 is 1.73 bits per heavy atom. The van der Waals surface area contributed by atoms with Gasteiger partial charge in [0.05, 0.1) is 6.21 Å². The highest BCUT2D eigenvalue weighted by atomic mass is 31.1. The molecule has 0 amide bonds. The quantitative estimate of drug-likeness (QED) is 0.342. The molecule has 0 spiro atoms. The van der Waals surface area contributed by atoms with Crippen molar-refractivity contribution in [1.29, 1.82) is 0 Å². The largest absolute Gasteiger partial charge is 0.323 e. The molecule has 0 unspecified atom stereocenters. The highest BCUT2D eigenvalue weighted by Crippen LogP contribution is 2.33. The Morgan fingerprint density at radius 1 is 0.682 bits per heavy atom. The maximum Gasteiger partial charge on any atom is 0.0544 e. The molecule has 0 atom stereocenters. The van der Waals surface area contributed by atoms with Crippen molar-refractivity contribution in [2.24, 2.45) is 10.9 Å². The summed E-state index contributed by atoms with van der Waals surface area (Å²) < 4.78 is 0. The fourth-order valence-corrected chi connectivity index (χ4v) is 4.88. The summed E-state index contributed by atoms with van der Waals surface area (Å²) in [6.07, 6.45) is 1.73. The first-order valence-electron chi connectivity index (χ1n) is 7.12. The van der Waals surface area contributed by atoms with Gasteiger partial charge in [0.15, 0.2) is 0 Å². The molecule has 22 heavy (non-hydrogen) atoms. The van der Waals surface area contributed by atoms with Crippen molar-refractivity contribution in [2.45, 2.75) is 0 Å². The second-order valence-electron chi connectivity index (χ2n) is 4.84. The number of nitrogens with two attached hydrogens (primary N) is 1. The van der Waals surface area contributed by atoms with E-state index in [0.29, 0.717) is 0 Å². The van der Waals surface area contributed by atoms with Gasteiger partial charge >= 0.3 is 0 Å². The van der Waals surface area contributed by atoms with Crippen LogP contribution in [0.3, 0.4) is 0 Å². The minimum absolute atomic E-state index is 0.625. The molecule has 2 N–H and O–H groups in total. The molecule has 0 aliphatic heterocycles. The molecule has 108 valence electrons. The lowest BCUT2D eigenvalue weighted by atomic mass is 10.2. The first-order chi connectivity index (χ1) is 10.9. The van der Waals surface area contributed by atoms with Gasteiger partial charge < -0.3 is 5.84 Å². The van der Waals surface area contributed by atoms with Crippen LogP contribution in [0.4, 0.5) is 0 Å². The van der Waals surface area contributed by atoms with Gasteiger partial charge in [-0.25, -0.2) is 0 Å². The highest BCUT2D eigenvalue weighted by molar-refractivity contribution is 7.80. The standard InChI is InChI=1S/C19H17N2P/c20-21-15-16-9-7-8-14-19(16)22(17-10-3-1-4-11-17)18-12-5-2-6-13-18/h1-15H,20H2/b21-15+. The Bertz CT molecular complexity index is 715. The topological polar surface area (TPSA) is 38.4 Å². The van der Waals surface area contributed by atoms with Gasteiger partial charge in [0.25, 0.3) is 0 Å². The Hall–Kier alpha value is -2.44. The van der Waals surface area contributed by atoms with Gasteiger partial charge in [-0.2, -0.15) is 5.10 Å². The Morgan fingerprint density at radius 2 is 1.18 bits per heavy atom. The summed E-state index contributed by atoms with van der Waals surface area (Å²) in [5.74, 6) is 5.38. The molecule has 0 saturated carbocycles. The number of hydrogen-bond acceptors (Lipinski definition) is 2. The van der Waals surface area contributed by atoms with Crippen LogP contribution in [0.15, 0.2) is 90.0 Å². The third kappa shape index (κ3) is 3.08. The van der Waals surface area contributed by atoms with E-state index in [-0.39, 0.29) is 0 Å². The first kappa shape index (κ1) is 14.5. The zero-order valence-corrected chi connectivity index (χ0v) is 13.0. The van der Waals surface area contributed by atoms with Crippen molar-refractivity contribution in [1.82, 2.24) is 0 Å². The Balaban J connectivity index is 2.19. The molecule has 0 fully saturated rings. The van der Waals surface area contributed by atoms with E-state index in [1.54, 1.807) is 6.21 Å². The maximum absolute atomic E-state index is 5.38. The normalized spacial score (nSPS) is 11.1. The Labute approximate surface area is 132 Å². The molecular formula is C19H17N2P. The van der Waals surface area contributed by atoms with Gasteiger partial charge in [0.2, 0.25) is 0 Å². The predicted molar refractivity (Wildman–Crippen MR) is 96.9 cm³/mol. The van der Waals surface area contributed by atoms with E-state index in [1.807, 2.05) is 6.07 Å². The van der Waals surface area contributed by atoms with E-state index in [4.69, 9.17) is 5.84 Å². The van der Waals surface area contributed by atoms with Gasteiger partial charge in [-0.1, -0.05) is 84.9 Å². The van der Waals surface area contributed by atoms with E-state index in [2.05, 4.69) is 84.0 Å². The van der Waals surface area contributed by atoms with Gasteiger partial charge in [-0.05, 0) is 23.8 Å². The number of hydrazone groups is 1. The average Bonchev–Trinajstić information content (AvgIpc) is 2.59. The first-order valence-corrected chi connectivity index (χ1v) is 8.47. The second kappa shape index (κ2) is 7.02. The van der Waals surface area contributed by atoms with E-state index in [0.717, 1.165) is 5.56 Å². The van der Waals surface area contributed by atoms with Crippen molar-refractivity contribution in [3.63, 3.8) is 0 Å². The van der Waals surface area contributed by atoms with E-state index < -0.39 is 7.92 Å². The van der Waals surface area contributed by atoms with E-state index >= 15 is 0 Å². The minimum atomic E-state index is -0.625. The molecule has 3 rings (SSSR count). The van der Waals surface area contributed by atoms with Crippen LogP contribution < -0.4 is 21.8 Å². The summed E-state index contributed by atoms with van der Waals surface area (Å²) in [7, 11) is -0.625. The van der Waals surface area contributed by atoms with Gasteiger partial charge in [-0.3, -0.25) is 0 Å². The highest BCUT2D eigenvalue weighted by Gasteiger charge is 2.18. The zero-order chi connectivity index (χ0) is 15.2. The van der Waals surface area contributed by atoms with Crippen molar-refractivity contribution >= 4 is 30.0 Å². The molecule has 2 nitrogen and oxygen atoms in total. The van der Waals surface area contributed by atoms with E-state index in [1.165, 1.54) is 15.9 Å². The molecule has 3 heteroatoms. The number of benzene rings is 3. The third-order valence-corrected chi connectivity index (χ3v) is 5.94. The monoisotopic (exact) mass is 304 g/mol. The van der Waals surface area contributed by atoms with Crippen LogP contribution in [-0.2, 0) is 0 Å². The molecule has 3 aromatic carbocycles.